The van der Waals surface area contributed by atoms with Gasteiger partial charge in [-0.25, -0.2) is 8.78 Å². The molecule has 0 radical (unpaired) electrons. The molecule has 9 heteroatoms. The molecule has 0 spiro atoms. The number of hydrogen-bond acceptors (Lipinski definition) is 4. The third-order valence-electron chi connectivity index (χ3n) is 6.58. The molecule has 0 bridgehead atoms. The first-order chi connectivity index (χ1) is 16.2. The van der Waals surface area contributed by atoms with Crippen LogP contribution in [0, 0.1) is 49.2 Å². The van der Waals surface area contributed by atoms with Gasteiger partial charge >= 0.3 is 0 Å². The van der Waals surface area contributed by atoms with Crippen molar-refractivity contribution in [1.82, 2.24) is 15.2 Å². The largest absolute Gasteiger partial charge is 0.381 e. The van der Waals surface area contributed by atoms with E-state index >= 15 is 0 Å². The zero-order valence-corrected chi connectivity index (χ0v) is 19.3. The zero-order valence-electron chi connectivity index (χ0n) is 18.6. The Morgan fingerprint density at radius 3 is 2.44 bits per heavy atom. The second kappa shape index (κ2) is 8.64. The first-order valence-electron chi connectivity index (χ1n) is 11.0. The van der Waals surface area contributed by atoms with Crippen LogP contribution in [0.1, 0.15) is 39.8 Å². The Balaban J connectivity index is 1.43. The van der Waals surface area contributed by atoms with Crippen LogP contribution in [0.15, 0.2) is 24.3 Å². The minimum absolute atomic E-state index is 0.000899. The number of amides is 2. The Bertz CT molecular complexity index is 1230. The Morgan fingerprint density at radius 1 is 1.15 bits per heavy atom. The van der Waals surface area contributed by atoms with E-state index in [2.05, 4.69) is 22.1 Å². The Kier molecular flexibility index (Phi) is 5.78. The molecule has 0 unspecified atom stereocenters. The maximum absolute atomic E-state index is 14.7. The van der Waals surface area contributed by atoms with Crippen molar-refractivity contribution in [2.24, 2.45) is 11.8 Å². The van der Waals surface area contributed by atoms with Crippen LogP contribution in [-0.4, -0.2) is 47.0 Å². The van der Waals surface area contributed by atoms with Gasteiger partial charge in [0.2, 0.25) is 5.91 Å². The summed E-state index contributed by atoms with van der Waals surface area (Å²) in [5.74, 6) is 3.45. The highest BCUT2D eigenvalue weighted by Gasteiger charge is 2.49. The molecule has 34 heavy (non-hydrogen) atoms. The molecule has 176 valence electrons. The molecule has 3 aliphatic rings. The van der Waals surface area contributed by atoms with Gasteiger partial charge in [0.25, 0.3) is 5.91 Å². The molecule has 2 aromatic rings. The van der Waals surface area contributed by atoms with Crippen LogP contribution in [0.3, 0.4) is 0 Å². The lowest BCUT2D eigenvalue weighted by atomic mass is 9.90. The van der Waals surface area contributed by atoms with Crippen molar-refractivity contribution < 1.29 is 23.1 Å². The molecule has 2 aliphatic heterocycles. The number of nitrogens with zero attached hydrogens (tertiary/aromatic N) is 2. The van der Waals surface area contributed by atoms with Crippen LogP contribution >= 0.6 is 11.6 Å². The van der Waals surface area contributed by atoms with Crippen molar-refractivity contribution in [3.63, 3.8) is 0 Å². The van der Waals surface area contributed by atoms with Gasteiger partial charge in [-0.1, -0.05) is 23.4 Å². The summed E-state index contributed by atoms with van der Waals surface area (Å²) in [6, 6.07) is 3.30. The Hall–Kier alpha value is -3.02. The summed E-state index contributed by atoms with van der Waals surface area (Å²) in [5, 5.41) is 2.53. The molecule has 2 fully saturated rings. The van der Waals surface area contributed by atoms with E-state index in [1.165, 1.54) is 4.90 Å². The molecular weight excluding hydrogens is 464 g/mol. The highest BCUT2D eigenvalue weighted by Crippen LogP contribution is 2.37. The summed E-state index contributed by atoms with van der Waals surface area (Å²) in [5.41, 5.74) is 1.83. The number of halogens is 3. The lowest BCUT2D eigenvalue weighted by Crippen LogP contribution is -2.52. The molecule has 1 N–H and O–H groups in total. The van der Waals surface area contributed by atoms with Crippen molar-refractivity contribution in [1.29, 1.82) is 0 Å². The summed E-state index contributed by atoms with van der Waals surface area (Å²) in [6.07, 6.45) is 0.379. The fourth-order valence-corrected chi connectivity index (χ4v) is 4.96. The van der Waals surface area contributed by atoms with Gasteiger partial charge in [0.1, 0.15) is 23.7 Å². The summed E-state index contributed by atoms with van der Waals surface area (Å²) in [6.45, 7) is 4.20. The molecule has 4 atom stereocenters. The molecule has 6 nitrogen and oxygen atoms in total. The van der Waals surface area contributed by atoms with Gasteiger partial charge in [-0.2, -0.15) is 0 Å². The van der Waals surface area contributed by atoms with E-state index in [-0.39, 0.29) is 34.4 Å². The Morgan fingerprint density at radius 2 is 1.85 bits per heavy atom. The summed E-state index contributed by atoms with van der Waals surface area (Å²) >= 11 is 5.71. The zero-order chi connectivity index (χ0) is 24.1. The number of fused-ring (bicyclic) bond motifs is 1. The van der Waals surface area contributed by atoms with Crippen LogP contribution < -0.4 is 5.32 Å². The normalized spacial score (nSPS) is 23.8. The summed E-state index contributed by atoms with van der Waals surface area (Å²) in [4.78, 5) is 32.8. The number of rotatable bonds is 5. The van der Waals surface area contributed by atoms with Crippen LogP contribution in [0.5, 0.6) is 0 Å². The first-order valence-corrected chi connectivity index (χ1v) is 11.4. The van der Waals surface area contributed by atoms with E-state index in [0.717, 1.165) is 12.1 Å². The molecule has 1 aromatic heterocycles. The van der Waals surface area contributed by atoms with Crippen LogP contribution in [-0.2, 0) is 9.53 Å². The van der Waals surface area contributed by atoms with Gasteiger partial charge in [0.05, 0.1) is 30.2 Å². The van der Waals surface area contributed by atoms with E-state index in [0.29, 0.717) is 36.6 Å². The molecule has 1 aliphatic carbocycles. The lowest BCUT2D eigenvalue weighted by molar-refractivity contribution is -0.128. The maximum Gasteiger partial charge on any atom is 0.255 e. The molecular formula is C25H22ClF2N3O3. The van der Waals surface area contributed by atoms with Gasteiger partial charge in [-0.15, -0.1) is 0 Å². The number of hydrogen-bond donors (Lipinski definition) is 1. The van der Waals surface area contributed by atoms with Crippen molar-refractivity contribution >= 4 is 23.4 Å². The van der Waals surface area contributed by atoms with Gasteiger partial charge in [-0.3, -0.25) is 14.6 Å². The van der Waals surface area contributed by atoms with E-state index in [1.54, 1.807) is 26.0 Å². The third kappa shape index (κ3) is 3.93. The number of ether oxygens (including phenoxy) is 1. The SMILES string of the molecule is Cc1cc(C(=O)N2[C@@H](C(=O)N[C@@H](c3cc(F)c(Cl)cc3F)C3COC3)C[C@H]3C#C[C@H]32)cc(C)n1. The van der Waals surface area contributed by atoms with Gasteiger partial charge in [0, 0.05) is 28.4 Å². The first kappa shape index (κ1) is 22.8. The van der Waals surface area contributed by atoms with Crippen LogP contribution in [0.4, 0.5) is 8.78 Å². The number of nitrogens with one attached hydrogen (secondary N) is 1. The van der Waals surface area contributed by atoms with Crippen LogP contribution in [0.2, 0.25) is 5.02 Å². The minimum Gasteiger partial charge on any atom is -0.381 e. The van der Waals surface area contributed by atoms with Crippen molar-refractivity contribution in [2.45, 2.75) is 38.4 Å². The van der Waals surface area contributed by atoms with Crippen molar-refractivity contribution in [3.05, 3.63) is 63.4 Å². The standard InChI is InChI=1S/C25H22ClF2N3O3/c1-12-5-15(6-13(2)29-12)25(33)31-21-4-3-14(21)7-22(31)24(32)30-23(16-10-34-11-16)17-8-20(28)18(26)9-19(17)27/h5-6,8-9,14,16,21-23H,7,10-11H2,1-2H3,(H,30,32)/t14-,21-,22-,23-/m1/s1. The molecule has 2 saturated heterocycles. The molecule has 0 saturated carbocycles. The number of aryl methyl sites for hydroxylation is 2. The molecule has 3 heterocycles. The Labute approximate surface area is 200 Å². The van der Waals surface area contributed by atoms with E-state index < -0.39 is 29.6 Å². The molecule has 5 rings (SSSR count). The smallest absolute Gasteiger partial charge is 0.255 e. The minimum atomic E-state index is -0.824. The van der Waals surface area contributed by atoms with E-state index in [9.17, 15) is 18.4 Å². The monoisotopic (exact) mass is 485 g/mol. The average Bonchev–Trinajstić information content (AvgIpc) is 2.97. The lowest BCUT2D eigenvalue weighted by Gasteiger charge is -2.36. The summed E-state index contributed by atoms with van der Waals surface area (Å²) in [7, 11) is 0. The van der Waals surface area contributed by atoms with Crippen LogP contribution in [0.25, 0.3) is 0 Å². The number of benzene rings is 1. The number of carbonyl (C=O) groups excluding carboxylic acids is 2. The molecule has 1 aromatic carbocycles. The predicted molar refractivity (Wildman–Crippen MR) is 120 cm³/mol. The summed E-state index contributed by atoms with van der Waals surface area (Å²) < 4.78 is 34.1. The van der Waals surface area contributed by atoms with E-state index in [4.69, 9.17) is 16.3 Å². The van der Waals surface area contributed by atoms with Gasteiger partial charge in [-0.05, 0) is 44.5 Å². The van der Waals surface area contributed by atoms with Crippen molar-refractivity contribution in [3.8, 4) is 11.8 Å². The van der Waals surface area contributed by atoms with Crippen molar-refractivity contribution in [2.75, 3.05) is 13.2 Å². The third-order valence-corrected chi connectivity index (χ3v) is 6.87. The topological polar surface area (TPSA) is 71.5 Å². The maximum atomic E-state index is 14.7. The number of carbonyl (C=O) groups is 2. The van der Waals surface area contributed by atoms with Gasteiger partial charge in [0.15, 0.2) is 0 Å². The number of likely N-dealkylation sites (tertiary alicyclic amines) is 1. The second-order valence-corrected chi connectivity index (χ2v) is 9.42. The quantitative estimate of drug-likeness (QED) is 0.521. The number of aromatic nitrogens is 1. The molecule has 2 amide bonds. The highest BCUT2D eigenvalue weighted by atomic mass is 35.5. The average molecular weight is 486 g/mol. The highest BCUT2D eigenvalue weighted by molar-refractivity contribution is 6.30. The fraction of sp³-hybridized carbons (Fsp3) is 0.400. The number of pyridine rings is 1. The second-order valence-electron chi connectivity index (χ2n) is 9.01. The fourth-order valence-electron chi connectivity index (χ4n) is 4.80. The predicted octanol–water partition coefficient (Wildman–Crippen LogP) is 3.35. The van der Waals surface area contributed by atoms with E-state index in [1.807, 2.05) is 0 Å². The van der Waals surface area contributed by atoms with Gasteiger partial charge < -0.3 is 15.0 Å².